The summed E-state index contributed by atoms with van der Waals surface area (Å²) >= 11 is 3.27. The number of hydrogen-bond donors (Lipinski definition) is 0. The highest BCUT2D eigenvalue weighted by molar-refractivity contribution is 9.10. The molecule has 1 aromatic rings. The molecule has 0 radical (unpaired) electrons. The number of carbonyl (C=O) groups is 1. The molecule has 0 aliphatic heterocycles. The topological polar surface area (TPSA) is 17.1 Å². The van der Waals surface area contributed by atoms with E-state index in [0.717, 1.165) is 17.3 Å². The van der Waals surface area contributed by atoms with Crippen molar-refractivity contribution in [2.24, 2.45) is 5.92 Å². The summed E-state index contributed by atoms with van der Waals surface area (Å²) in [6, 6.07) is 3.25. The molecule has 0 bridgehead atoms. The van der Waals surface area contributed by atoms with Crippen molar-refractivity contribution in [3.05, 3.63) is 33.5 Å². The fourth-order valence-corrected chi connectivity index (χ4v) is 2.04. The van der Waals surface area contributed by atoms with Crippen LogP contribution in [0.4, 0.5) is 4.39 Å². The summed E-state index contributed by atoms with van der Waals surface area (Å²) in [5.41, 5.74) is 0.753. The Morgan fingerprint density at radius 1 is 1.50 bits per heavy atom. The van der Waals surface area contributed by atoms with E-state index in [1.165, 1.54) is 0 Å². The molecule has 3 heteroatoms. The Morgan fingerprint density at radius 2 is 2.14 bits per heavy atom. The molecule has 1 aliphatic carbocycles. The second kappa shape index (κ2) is 3.46. The van der Waals surface area contributed by atoms with Gasteiger partial charge in [-0.15, -0.1) is 0 Å². The number of hydrogen-bond acceptors (Lipinski definition) is 1. The summed E-state index contributed by atoms with van der Waals surface area (Å²) in [6.45, 7) is 1.67. The van der Waals surface area contributed by atoms with E-state index in [1.54, 1.807) is 19.1 Å². The molecule has 2 rings (SSSR count). The summed E-state index contributed by atoms with van der Waals surface area (Å²) in [5, 5.41) is 0. The van der Waals surface area contributed by atoms with Crippen molar-refractivity contribution < 1.29 is 9.18 Å². The first-order valence-electron chi connectivity index (χ1n) is 4.59. The molecule has 0 unspecified atom stereocenters. The highest BCUT2D eigenvalue weighted by Crippen LogP contribution is 2.34. The molecule has 0 N–H and O–H groups in total. The number of aryl methyl sites for hydroxylation is 1. The molecule has 0 amide bonds. The van der Waals surface area contributed by atoms with Gasteiger partial charge in [0.25, 0.3) is 0 Å². The van der Waals surface area contributed by atoms with Crippen molar-refractivity contribution in [3.8, 4) is 0 Å². The summed E-state index contributed by atoms with van der Waals surface area (Å²) in [5.74, 6) is -0.352. The molecule has 1 aliphatic rings. The van der Waals surface area contributed by atoms with Crippen LogP contribution in [0, 0.1) is 18.7 Å². The summed E-state index contributed by atoms with van der Waals surface area (Å²) < 4.78 is 14.3. The number of halogens is 2. The van der Waals surface area contributed by atoms with Crippen LogP contribution in [-0.4, -0.2) is 5.78 Å². The monoisotopic (exact) mass is 256 g/mol. The molecule has 1 fully saturated rings. The molecule has 0 saturated heterocycles. The first kappa shape index (κ1) is 9.84. The van der Waals surface area contributed by atoms with E-state index < -0.39 is 0 Å². The van der Waals surface area contributed by atoms with Crippen molar-refractivity contribution in [2.45, 2.75) is 19.8 Å². The van der Waals surface area contributed by atoms with Crippen molar-refractivity contribution in [3.63, 3.8) is 0 Å². The second-order valence-corrected chi connectivity index (χ2v) is 4.64. The maximum absolute atomic E-state index is 13.6. The highest BCUT2D eigenvalue weighted by Gasteiger charge is 2.32. The number of benzene rings is 1. The van der Waals surface area contributed by atoms with Gasteiger partial charge in [0.1, 0.15) is 5.82 Å². The van der Waals surface area contributed by atoms with Gasteiger partial charge < -0.3 is 0 Å². The van der Waals surface area contributed by atoms with Crippen LogP contribution in [0.1, 0.15) is 28.8 Å². The average molecular weight is 257 g/mol. The van der Waals surface area contributed by atoms with Gasteiger partial charge in [-0.05, 0) is 37.5 Å². The van der Waals surface area contributed by atoms with Gasteiger partial charge >= 0.3 is 0 Å². The van der Waals surface area contributed by atoms with E-state index in [0.29, 0.717) is 5.56 Å². The van der Waals surface area contributed by atoms with Gasteiger partial charge in [0, 0.05) is 10.4 Å². The van der Waals surface area contributed by atoms with E-state index in [1.807, 2.05) is 0 Å². The van der Waals surface area contributed by atoms with E-state index in [2.05, 4.69) is 15.9 Å². The Balaban J connectivity index is 2.45. The lowest BCUT2D eigenvalue weighted by atomic mass is 10.0. The molecule has 1 aromatic carbocycles. The third kappa shape index (κ3) is 1.73. The Bertz CT molecular complexity index is 397. The lowest BCUT2D eigenvalue weighted by molar-refractivity contribution is 0.0963. The maximum atomic E-state index is 13.6. The van der Waals surface area contributed by atoms with Crippen molar-refractivity contribution >= 4 is 21.7 Å². The highest BCUT2D eigenvalue weighted by atomic mass is 79.9. The van der Waals surface area contributed by atoms with Crippen LogP contribution >= 0.6 is 15.9 Å². The minimum atomic E-state index is -0.370. The van der Waals surface area contributed by atoms with Gasteiger partial charge in [-0.3, -0.25) is 4.79 Å². The van der Waals surface area contributed by atoms with Crippen molar-refractivity contribution in [1.82, 2.24) is 0 Å². The third-order valence-electron chi connectivity index (χ3n) is 2.43. The van der Waals surface area contributed by atoms with Gasteiger partial charge in [-0.25, -0.2) is 4.39 Å². The largest absolute Gasteiger partial charge is 0.294 e. The van der Waals surface area contributed by atoms with Crippen LogP contribution in [0.5, 0.6) is 0 Å². The van der Waals surface area contributed by atoms with Crippen LogP contribution in [0.15, 0.2) is 16.6 Å². The summed E-state index contributed by atoms with van der Waals surface area (Å²) in [6.07, 6.45) is 1.81. The number of ketones is 1. The normalized spacial score (nSPS) is 15.6. The van der Waals surface area contributed by atoms with Gasteiger partial charge in [0.15, 0.2) is 5.78 Å². The summed E-state index contributed by atoms with van der Waals surface area (Å²) in [4.78, 5) is 11.7. The van der Waals surface area contributed by atoms with Gasteiger partial charge in [-0.2, -0.15) is 0 Å². The lowest BCUT2D eigenvalue weighted by Gasteiger charge is -2.04. The first-order valence-corrected chi connectivity index (χ1v) is 5.38. The van der Waals surface area contributed by atoms with Gasteiger partial charge in [0.05, 0.1) is 5.56 Å². The standard InChI is InChI=1S/C11H10BrFO/c1-6-4-8(12)5-9(10(6)13)11(14)7-2-3-7/h4-5,7H,2-3H2,1H3. The van der Waals surface area contributed by atoms with Crippen LogP contribution in [-0.2, 0) is 0 Å². The van der Waals surface area contributed by atoms with E-state index in [-0.39, 0.29) is 23.1 Å². The zero-order valence-electron chi connectivity index (χ0n) is 7.81. The van der Waals surface area contributed by atoms with Crippen LogP contribution in [0.25, 0.3) is 0 Å². The Morgan fingerprint density at radius 3 is 2.71 bits per heavy atom. The molecule has 14 heavy (non-hydrogen) atoms. The smallest absolute Gasteiger partial charge is 0.168 e. The molecule has 0 heterocycles. The fourth-order valence-electron chi connectivity index (χ4n) is 1.47. The zero-order valence-corrected chi connectivity index (χ0v) is 9.40. The Hall–Kier alpha value is -0.700. The van der Waals surface area contributed by atoms with Crippen LogP contribution in [0.3, 0.4) is 0 Å². The molecular formula is C11H10BrFO. The number of rotatable bonds is 2. The zero-order chi connectivity index (χ0) is 10.3. The van der Waals surface area contributed by atoms with Crippen molar-refractivity contribution in [2.75, 3.05) is 0 Å². The minimum absolute atomic E-state index is 0.0492. The quantitative estimate of drug-likeness (QED) is 0.741. The molecular weight excluding hydrogens is 247 g/mol. The maximum Gasteiger partial charge on any atom is 0.168 e. The number of carbonyl (C=O) groups excluding carboxylic acids is 1. The van der Waals surface area contributed by atoms with E-state index >= 15 is 0 Å². The van der Waals surface area contributed by atoms with E-state index in [9.17, 15) is 9.18 Å². The fraction of sp³-hybridized carbons (Fsp3) is 0.364. The molecule has 74 valence electrons. The molecule has 0 spiro atoms. The third-order valence-corrected chi connectivity index (χ3v) is 2.89. The van der Waals surface area contributed by atoms with Gasteiger partial charge in [-0.1, -0.05) is 15.9 Å². The van der Waals surface area contributed by atoms with Crippen LogP contribution in [0.2, 0.25) is 0 Å². The van der Waals surface area contributed by atoms with E-state index in [4.69, 9.17) is 0 Å². The number of Topliss-reactive ketones (excluding diaryl/α,β-unsaturated/α-hetero) is 1. The Labute approximate surface area is 90.4 Å². The Kier molecular flexibility index (Phi) is 2.43. The molecule has 1 nitrogen and oxygen atoms in total. The molecule has 0 aromatic heterocycles. The lowest BCUT2D eigenvalue weighted by Crippen LogP contribution is -2.05. The summed E-state index contributed by atoms with van der Waals surface area (Å²) in [7, 11) is 0. The second-order valence-electron chi connectivity index (χ2n) is 3.72. The molecule has 1 saturated carbocycles. The van der Waals surface area contributed by atoms with Crippen LogP contribution < -0.4 is 0 Å². The first-order chi connectivity index (χ1) is 6.59. The SMILES string of the molecule is Cc1cc(Br)cc(C(=O)C2CC2)c1F. The predicted molar refractivity (Wildman–Crippen MR) is 55.9 cm³/mol. The predicted octanol–water partition coefficient (Wildman–Crippen LogP) is 3.49. The molecule has 0 atom stereocenters. The minimum Gasteiger partial charge on any atom is -0.294 e. The van der Waals surface area contributed by atoms with Gasteiger partial charge in [0.2, 0.25) is 0 Å². The van der Waals surface area contributed by atoms with Crippen molar-refractivity contribution in [1.29, 1.82) is 0 Å². The average Bonchev–Trinajstić information content (AvgIpc) is 2.93.